The predicted molar refractivity (Wildman–Crippen MR) is 163 cm³/mol. The van der Waals surface area contributed by atoms with Crippen LogP contribution in [0.15, 0.2) is 5.16 Å². The van der Waals surface area contributed by atoms with E-state index < -0.39 is 67.7 Å². The van der Waals surface area contributed by atoms with Crippen molar-refractivity contribution >= 4 is 55.6 Å². The molecule has 216 valence electrons. The van der Waals surface area contributed by atoms with Gasteiger partial charge in [0, 0.05) is 0 Å². The molecule has 0 saturated heterocycles. The van der Waals surface area contributed by atoms with Crippen molar-refractivity contribution in [1.82, 2.24) is 0 Å². The third-order valence-electron chi connectivity index (χ3n) is 3.66. The molecule has 0 aromatic heterocycles. The maximum Gasteiger partial charge on any atom is 0.455 e. The van der Waals surface area contributed by atoms with Crippen molar-refractivity contribution in [2.45, 2.75) is 117 Å². The van der Waals surface area contributed by atoms with E-state index in [9.17, 15) is 4.57 Å². The Labute approximate surface area is 226 Å². The molecule has 0 fully saturated rings. The van der Waals surface area contributed by atoms with E-state index in [-0.39, 0.29) is 6.61 Å². The normalized spacial score (nSPS) is 17.3. The molecule has 3 unspecified atom stereocenters. The molecule has 3 atom stereocenters. The van der Waals surface area contributed by atoms with Crippen LogP contribution in [0.2, 0.25) is 98.2 Å². The monoisotopic (exact) mass is 619 g/mol. The number of nitrogens with zero attached hydrogens (tertiary/aromatic N) is 1. The lowest BCUT2D eigenvalue weighted by Gasteiger charge is -2.41. The van der Waals surface area contributed by atoms with Gasteiger partial charge >= 0.3 is 7.82 Å². The summed E-state index contributed by atoms with van der Waals surface area (Å²) in [5, 5.41) is 4.02. The fourth-order valence-corrected chi connectivity index (χ4v) is 12.9. The highest BCUT2D eigenvalue weighted by molar-refractivity contribution is 7.52. The molecule has 0 aliphatic carbocycles. The van der Waals surface area contributed by atoms with Gasteiger partial charge in [0.15, 0.2) is 41.6 Å². The van der Waals surface area contributed by atoms with Gasteiger partial charge in [0.1, 0.15) is 19.3 Å². The molecular formula is C21H54NO8PSi5. The quantitative estimate of drug-likeness (QED) is 0.0736. The van der Waals surface area contributed by atoms with Crippen molar-refractivity contribution in [2.24, 2.45) is 5.16 Å². The second-order valence-corrected chi connectivity index (χ2v) is 38.2. The van der Waals surface area contributed by atoms with Crippen LogP contribution in [0.5, 0.6) is 0 Å². The van der Waals surface area contributed by atoms with Gasteiger partial charge in [-0.2, -0.15) is 0 Å². The van der Waals surface area contributed by atoms with Crippen LogP contribution in [-0.4, -0.2) is 79.8 Å². The third kappa shape index (κ3) is 18.7. The van der Waals surface area contributed by atoms with Gasteiger partial charge in [0.2, 0.25) is 0 Å². The van der Waals surface area contributed by atoms with Gasteiger partial charge in [-0.05, 0) is 98.2 Å². The zero-order chi connectivity index (χ0) is 28.8. The average Bonchev–Trinajstić information content (AvgIpc) is 2.54. The molecule has 0 saturated carbocycles. The first-order chi connectivity index (χ1) is 15.7. The molecule has 0 bridgehead atoms. The average molecular weight is 620 g/mol. The van der Waals surface area contributed by atoms with E-state index in [1.165, 1.54) is 7.11 Å². The van der Waals surface area contributed by atoms with E-state index in [0.717, 1.165) is 0 Å². The van der Waals surface area contributed by atoms with Gasteiger partial charge in [-0.25, -0.2) is 4.57 Å². The third-order valence-corrected chi connectivity index (χ3v) is 13.3. The molecule has 36 heavy (non-hydrogen) atoms. The van der Waals surface area contributed by atoms with Crippen LogP contribution in [-0.2, 0) is 35.6 Å². The molecule has 15 heteroatoms. The van der Waals surface area contributed by atoms with E-state index >= 15 is 0 Å². The minimum Gasteiger partial charge on any atom is -0.410 e. The summed E-state index contributed by atoms with van der Waals surface area (Å²) < 4.78 is 51.7. The first-order valence-corrected chi connectivity index (χ1v) is 31.0. The van der Waals surface area contributed by atoms with Crippen LogP contribution in [0.4, 0.5) is 0 Å². The maximum absolute atomic E-state index is 13.8. The number of rotatable bonds is 17. The molecule has 0 spiro atoms. The molecule has 0 aromatic carbocycles. The highest BCUT2D eigenvalue weighted by atomic mass is 31.2. The van der Waals surface area contributed by atoms with E-state index in [2.05, 4.69) is 64.1 Å². The van der Waals surface area contributed by atoms with Gasteiger partial charge in [-0.3, -0.25) is 4.52 Å². The zero-order valence-corrected chi connectivity index (χ0v) is 31.6. The summed E-state index contributed by atoms with van der Waals surface area (Å²) >= 11 is 0. The first-order valence-electron chi connectivity index (χ1n) is 12.5. The summed E-state index contributed by atoms with van der Waals surface area (Å²) in [6, 6.07) is 0. The Hall–Kier alpha value is 0.544. The number of phosphoric acid groups is 1. The number of hydrogen-bond donors (Lipinski definition) is 0. The van der Waals surface area contributed by atoms with Gasteiger partial charge in [-0.1, -0.05) is 5.16 Å². The predicted octanol–water partition coefficient (Wildman–Crippen LogP) is 7.11. The molecule has 0 rings (SSSR count). The second-order valence-electron chi connectivity index (χ2n) is 13.7. The standard InChI is InChI=1S/C21H54NO8PSi5/c1-24-22-17-19(26-32(2,3)4)21(28-34(8,9)10)20(27-33(5,6)7)18-25-31(23,29-35(11,12)13)30-36(14,15)16/h17,19-21H,18H2,1-16H3. The first kappa shape index (κ1) is 36.5. The Morgan fingerprint density at radius 2 is 1.08 bits per heavy atom. The lowest BCUT2D eigenvalue weighted by Crippen LogP contribution is -2.55. The summed E-state index contributed by atoms with van der Waals surface area (Å²) in [6.45, 7) is 30.7. The van der Waals surface area contributed by atoms with Crippen LogP contribution >= 0.6 is 7.82 Å². The van der Waals surface area contributed by atoms with Crippen molar-refractivity contribution in [1.29, 1.82) is 0 Å². The van der Waals surface area contributed by atoms with Gasteiger partial charge in [-0.15, -0.1) is 0 Å². The minimum atomic E-state index is -3.84. The SMILES string of the molecule is CON=CC(O[Si](C)(C)C)C(O[Si](C)(C)C)C(COP(=O)(O[Si](C)(C)C)O[Si](C)(C)C)O[Si](C)(C)C. The summed E-state index contributed by atoms with van der Waals surface area (Å²) in [7, 11) is -13.1. The van der Waals surface area contributed by atoms with Crippen LogP contribution in [0.3, 0.4) is 0 Å². The highest BCUT2D eigenvalue weighted by Gasteiger charge is 2.43. The molecular weight excluding hydrogens is 566 g/mol. The second kappa shape index (κ2) is 13.7. The van der Waals surface area contributed by atoms with E-state index in [1.54, 1.807) is 6.21 Å². The van der Waals surface area contributed by atoms with Crippen molar-refractivity contribution < 1.29 is 35.6 Å². The van der Waals surface area contributed by atoms with Crippen molar-refractivity contribution in [2.75, 3.05) is 13.7 Å². The Bertz CT molecular complexity index is 719. The minimum absolute atomic E-state index is 0.0297. The Morgan fingerprint density at radius 3 is 1.42 bits per heavy atom. The molecule has 0 aliphatic rings. The highest BCUT2D eigenvalue weighted by Crippen LogP contribution is 2.54. The smallest absolute Gasteiger partial charge is 0.410 e. The molecule has 9 nitrogen and oxygen atoms in total. The van der Waals surface area contributed by atoms with Gasteiger partial charge in [0.25, 0.3) is 0 Å². The lowest BCUT2D eigenvalue weighted by molar-refractivity contribution is -0.0304. The lowest BCUT2D eigenvalue weighted by atomic mass is 10.1. The maximum atomic E-state index is 13.8. The number of oxime groups is 1. The van der Waals surface area contributed by atoms with E-state index in [1.807, 2.05) is 39.3 Å². The molecule has 0 radical (unpaired) electrons. The summed E-state index contributed by atoms with van der Waals surface area (Å²) in [5.41, 5.74) is 0. The fourth-order valence-electron chi connectivity index (χ4n) is 3.03. The van der Waals surface area contributed by atoms with Crippen LogP contribution < -0.4 is 0 Å². The summed E-state index contributed by atoms with van der Waals surface area (Å²) in [6.07, 6.45) is -0.0537. The zero-order valence-electron chi connectivity index (χ0n) is 25.7. The van der Waals surface area contributed by atoms with Crippen LogP contribution in [0.1, 0.15) is 0 Å². The van der Waals surface area contributed by atoms with Crippen molar-refractivity contribution in [3.05, 3.63) is 0 Å². The molecule has 0 heterocycles. The Kier molecular flexibility index (Phi) is 14.0. The Morgan fingerprint density at radius 1 is 0.667 bits per heavy atom. The topological polar surface area (TPSA) is 94.0 Å². The molecule has 0 amide bonds. The van der Waals surface area contributed by atoms with Crippen LogP contribution in [0, 0.1) is 0 Å². The molecule has 0 aromatic rings. The summed E-state index contributed by atoms with van der Waals surface area (Å²) in [4.78, 5) is 4.99. The fraction of sp³-hybridized carbons (Fsp3) is 0.952. The van der Waals surface area contributed by atoms with Crippen molar-refractivity contribution in [3.63, 3.8) is 0 Å². The van der Waals surface area contributed by atoms with E-state index in [0.29, 0.717) is 0 Å². The summed E-state index contributed by atoms with van der Waals surface area (Å²) in [5.74, 6) is 0. The largest absolute Gasteiger partial charge is 0.455 e. The van der Waals surface area contributed by atoms with E-state index in [4.69, 9.17) is 31.1 Å². The van der Waals surface area contributed by atoms with Crippen LogP contribution in [0.25, 0.3) is 0 Å². The van der Waals surface area contributed by atoms with Gasteiger partial charge < -0.3 is 26.5 Å². The molecule has 0 aliphatic heterocycles. The van der Waals surface area contributed by atoms with Crippen molar-refractivity contribution in [3.8, 4) is 0 Å². The molecule has 0 N–H and O–H groups in total. The number of hydrogen-bond acceptors (Lipinski definition) is 9. The Balaban J connectivity index is 6.50. The van der Waals surface area contributed by atoms with Gasteiger partial charge in [0.05, 0.1) is 18.9 Å².